The molecule has 0 aliphatic rings. The Kier molecular flexibility index (Phi) is 6.25. The Bertz CT molecular complexity index is 466. The Balaban J connectivity index is 4.51. The predicted octanol–water partition coefficient (Wildman–Crippen LogP) is 0.804. The van der Waals surface area contributed by atoms with Gasteiger partial charge in [0.25, 0.3) is 0 Å². The molecular formula is C6H8F6O6S2. The first-order valence-corrected chi connectivity index (χ1v) is 7.30. The van der Waals surface area contributed by atoms with Crippen LogP contribution in [0.5, 0.6) is 0 Å². The third kappa shape index (κ3) is 4.46. The summed E-state index contributed by atoms with van der Waals surface area (Å²) < 4.78 is 123. The van der Waals surface area contributed by atoms with Gasteiger partial charge in [0.05, 0.1) is 13.2 Å². The van der Waals surface area contributed by atoms with Crippen LogP contribution in [0.15, 0.2) is 0 Å². The lowest BCUT2D eigenvalue weighted by molar-refractivity contribution is 0.0389. The highest BCUT2D eigenvalue weighted by Gasteiger charge is 2.48. The van der Waals surface area contributed by atoms with E-state index in [1.165, 1.54) is 0 Å². The van der Waals surface area contributed by atoms with Crippen LogP contribution in [-0.4, -0.2) is 53.9 Å². The first-order chi connectivity index (χ1) is 8.83. The van der Waals surface area contributed by atoms with E-state index in [0.29, 0.717) is 0 Å². The van der Waals surface area contributed by atoms with E-state index in [0.717, 1.165) is 0 Å². The minimum atomic E-state index is -5.71. The molecule has 0 amide bonds. The van der Waals surface area contributed by atoms with Gasteiger partial charge in [0.1, 0.15) is 0 Å². The highest BCUT2D eigenvalue weighted by atomic mass is 32.2. The number of hydrogen-bond donors (Lipinski definition) is 0. The maximum absolute atomic E-state index is 12.4. The molecule has 0 fully saturated rings. The van der Waals surface area contributed by atoms with Crippen molar-refractivity contribution in [3.63, 3.8) is 0 Å². The number of alkyl halides is 6. The summed E-state index contributed by atoms with van der Waals surface area (Å²) in [6.07, 6.45) is 0. The van der Waals surface area contributed by atoms with Gasteiger partial charge >= 0.3 is 30.7 Å². The van der Waals surface area contributed by atoms with Crippen LogP contribution >= 0.6 is 0 Å². The molecule has 0 aromatic heterocycles. The lowest BCUT2D eigenvalue weighted by atomic mass is 10.8. The van der Waals surface area contributed by atoms with Crippen molar-refractivity contribution in [2.45, 2.75) is 10.5 Å². The van der Waals surface area contributed by atoms with Crippen LogP contribution in [0.3, 0.4) is 0 Å². The van der Waals surface area contributed by atoms with E-state index in [2.05, 4.69) is 8.37 Å². The highest BCUT2D eigenvalue weighted by Crippen LogP contribution is 2.25. The van der Waals surface area contributed by atoms with Gasteiger partial charge in [0, 0.05) is 0 Å². The Morgan fingerprint density at radius 1 is 0.700 bits per heavy atom. The molecule has 0 radical (unpaired) electrons. The van der Waals surface area contributed by atoms with Crippen molar-refractivity contribution in [3.05, 3.63) is 0 Å². The van der Waals surface area contributed by atoms with Gasteiger partial charge in [-0.15, -0.1) is 0 Å². The van der Waals surface area contributed by atoms with Crippen molar-refractivity contribution in [1.29, 1.82) is 0 Å². The summed E-state index contributed by atoms with van der Waals surface area (Å²) >= 11 is 0. The molecule has 0 N–H and O–H groups in total. The van der Waals surface area contributed by atoms with E-state index in [4.69, 9.17) is 0 Å². The quantitative estimate of drug-likeness (QED) is 0.346. The minimum absolute atomic E-state index is 1.42. The third-order valence-electron chi connectivity index (χ3n) is 1.60. The first kappa shape index (κ1) is 19.4. The molecule has 0 aliphatic carbocycles. The molecule has 0 spiro atoms. The summed E-state index contributed by atoms with van der Waals surface area (Å²) in [6, 6.07) is 0. The van der Waals surface area contributed by atoms with Crippen LogP contribution in [-0.2, 0) is 28.6 Å². The second-order valence-corrected chi connectivity index (χ2v) is 6.58. The van der Waals surface area contributed by atoms with Crippen molar-refractivity contribution < 1.29 is 51.5 Å². The Morgan fingerprint density at radius 2 is 0.950 bits per heavy atom. The molecule has 6 nitrogen and oxygen atoms in total. The van der Waals surface area contributed by atoms with E-state index >= 15 is 0 Å². The molecule has 14 heteroatoms. The highest BCUT2D eigenvalue weighted by molar-refractivity contribution is 7.88. The van der Waals surface area contributed by atoms with Gasteiger partial charge in [-0.1, -0.05) is 0 Å². The Hall–Kier alpha value is -0.600. The number of rotatable bonds is 9. The summed E-state index contributed by atoms with van der Waals surface area (Å²) in [6.45, 7) is -8.04. The predicted molar refractivity (Wildman–Crippen MR) is 51.6 cm³/mol. The zero-order valence-corrected chi connectivity index (χ0v) is 11.0. The van der Waals surface area contributed by atoms with Crippen LogP contribution in [0.2, 0.25) is 0 Å². The normalized spacial score (nSPS) is 14.5. The molecule has 0 rings (SSSR count). The SMILES string of the molecule is O=S(=O)(OCCOS(=O)(=O)C(F)(F)CF)C(F)(F)CF. The third-order valence-corrected chi connectivity index (χ3v) is 4.24. The molecule has 0 aromatic rings. The Morgan fingerprint density at radius 3 is 1.15 bits per heavy atom. The van der Waals surface area contributed by atoms with Crippen LogP contribution in [0.25, 0.3) is 0 Å². The molecule has 0 aliphatic heterocycles. The van der Waals surface area contributed by atoms with Crippen molar-refractivity contribution in [2.75, 3.05) is 26.6 Å². The smallest absolute Gasteiger partial charge is 0.263 e. The molecule has 0 heterocycles. The average Bonchev–Trinajstić information content (AvgIpc) is 2.34. The monoisotopic (exact) mass is 354 g/mol. The molecule has 0 saturated heterocycles. The summed E-state index contributed by atoms with van der Waals surface area (Å²) in [5.41, 5.74) is 0. The van der Waals surface area contributed by atoms with Gasteiger partial charge in [-0.05, 0) is 0 Å². The van der Waals surface area contributed by atoms with E-state index in [9.17, 15) is 43.2 Å². The van der Waals surface area contributed by atoms with E-state index in [-0.39, 0.29) is 0 Å². The van der Waals surface area contributed by atoms with Crippen LogP contribution in [0.1, 0.15) is 0 Å². The number of halogens is 6. The summed E-state index contributed by atoms with van der Waals surface area (Å²) in [5.74, 6) is 0. The summed E-state index contributed by atoms with van der Waals surface area (Å²) in [7, 11) is -11.4. The summed E-state index contributed by atoms with van der Waals surface area (Å²) in [5, 5.41) is -9.76. The average molecular weight is 354 g/mol. The standard InChI is InChI=1S/C6H8F6O6S2/c7-3-5(9,10)19(13,14)17-1-2-18-20(15,16)6(11,12)4-8/h1-4H2. The molecule has 0 unspecified atom stereocenters. The van der Waals surface area contributed by atoms with Crippen LogP contribution in [0, 0.1) is 0 Å². The molecular weight excluding hydrogens is 346 g/mol. The van der Waals surface area contributed by atoms with Crippen molar-refractivity contribution in [2.24, 2.45) is 0 Å². The van der Waals surface area contributed by atoms with Gasteiger partial charge in [-0.25, -0.2) is 8.78 Å². The fourth-order valence-electron chi connectivity index (χ4n) is 0.594. The zero-order chi connectivity index (χ0) is 16.2. The first-order valence-electron chi connectivity index (χ1n) is 4.48. The van der Waals surface area contributed by atoms with Gasteiger partial charge < -0.3 is 0 Å². The van der Waals surface area contributed by atoms with E-state index < -0.39 is 57.3 Å². The fourth-order valence-corrected chi connectivity index (χ4v) is 1.78. The van der Waals surface area contributed by atoms with E-state index in [1.54, 1.807) is 0 Å². The number of hydrogen-bond acceptors (Lipinski definition) is 6. The lowest BCUT2D eigenvalue weighted by Crippen LogP contribution is -2.35. The molecule has 0 atom stereocenters. The van der Waals surface area contributed by atoms with E-state index in [1.807, 2.05) is 0 Å². The fraction of sp³-hybridized carbons (Fsp3) is 1.00. The maximum Gasteiger partial charge on any atom is 0.397 e. The maximum atomic E-state index is 12.4. The molecule has 0 aromatic carbocycles. The molecule has 122 valence electrons. The zero-order valence-electron chi connectivity index (χ0n) is 9.36. The second kappa shape index (κ2) is 6.44. The van der Waals surface area contributed by atoms with Crippen LogP contribution < -0.4 is 0 Å². The van der Waals surface area contributed by atoms with Crippen LogP contribution in [0.4, 0.5) is 26.3 Å². The molecule has 20 heavy (non-hydrogen) atoms. The topological polar surface area (TPSA) is 86.7 Å². The largest absolute Gasteiger partial charge is 0.397 e. The van der Waals surface area contributed by atoms with Gasteiger partial charge in [-0.3, -0.25) is 8.37 Å². The second-order valence-electron chi connectivity index (χ2n) is 3.09. The molecule has 0 bridgehead atoms. The van der Waals surface area contributed by atoms with Gasteiger partial charge in [0.2, 0.25) is 0 Å². The minimum Gasteiger partial charge on any atom is -0.263 e. The van der Waals surface area contributed by atoms with Crippen molar-refractivity contribution >= 4 is 20.2 Å². The van der Waals surface area contributed by atoms with Crippen molar-refractivity contribution in [3.8, 4) is 0 Å². The van der Waals surface area contributed by atoms with Crippen molar-refractivity contribution in [1.82, 2.24) is 0 Å². The Labute approximate surface area is 109 Å². The lowest BCUT2D eigenvalue weighted by Gasteiger charge is -2.14. The summed E-state index contributed by atoms with van der Waals surface area (Å²) in [4.78, 5) is 0. The molecule has 0 saturated carbocycles. The van der Waals surface area contributed by atoms with Gasteiger partial charge in [0.15, 0.2) is 13.3 Å². The van der Waals surface area contributed by atoms with Gasteiger partial charge in [-0.2, -0.15) is 34.4 Å².